The van der Waals surface area contributed by atoms with Crippen molar-refractivity contribution in [1.29, 1.82) is 0 Å². The summed E-state index contributed by atoms with van der Waals surface area (Å²) in [6, 6.07) is 15.2. The largest absolute Gasteiger partial charge is 0.494 e. The summed E-state index contributed by atoms with van der Waals surface area (Å²) in [7, 11) is -3.11. The number of benzene rings is 2. The zero-order valence-electron chi connectivity index (χ0n) is 18.4. The fourth-order valence-electron chi connectivity index (χ4n) is 4.07. The lowest BCUT2D eigenvalue weighted by molar-refractivity contribution is -0.117. The molecule has 0 aromatic heterocycles. The Morgan fingerprint density at radius 2 is 2.00 bits per heavy atom. The maximum atomic E-state index is 12.8. The minimum atomic E-state index is -3.11. The van der Waals surface area contributed by atoms with Gasteiger partial charge in [-0.05, 0) is 31.0 Å². The number of fused-ring (bicyclic) bond motifs is 1. The lowest BCUT2D eigenvalue weighted by atomic mass is 10.1. The Kier molecular flexibility index (Phi) is 6.90. The molecule has 2 fully saturated rings. The van der Waals surface area contributed by atoms with E-state index in [2.05, 4.69) is 11.9 Å². The van der Waals surface area contributed by atoms with Crippen LogP contribution in [0.1, 0.15) is 30.9 Å². The van der Waals surface area contributed by atoms with Gasteiger partial charge < -0.3 is 9.64 Å². The van der Waals surface area contributed by atoms with Gasteiger partial charge in [0, 0.05) is 17.0 Å². The molecule has 0 radical (unpaired) electrons. The number of unbranched alkanes of at least 4 members (excludes halogenated alkanes) is 1. The van der Waals surface area contributed by atoms with Gasteiger partial charge in [0.1, 0.15) is 5.75 Å². The number of aliphatic imine (C=N–C) groups is 1. The summed E-state index contributed by atoms with van der Waals surface area (Å²) in [4.78, 5) is 19.1. The summed E-state index contributed by atoms with van der Waals surface area (Å²) in [5.74, 6) is 0.671. The first-order valence-electron chi connectivity index (χ1n) is 10.9. The Hall–Kier alpha value is -2.32. The molecular formula is C24H28N2O4S2. The van der Waals surface area contributed by atoms with Crippen LogP contribution in [0.3, 0.4) is 0 Å². The number of ether oxygens (including phenoxy) is 1. The van der Waals surface area contributed by atoms with Crippen LogP contribution in [0.15, 0.2) is 53.5 Å². The maximum absolute atomic E-state index is 12.8. The number of hydrogen-bond acceptors (Lipinski definition) is 5. The third kappa shape index (κ3) is 5.35. The molecule has 2 aliphatic heterocycles. The highest BCUT2D eigenvalue weighted by Crippen LogP contribution is 2.41. The zero-order chi connectivity index (χ0) is 22.7. The van der Waals surface area contributed by atoms with Crippen LogP contribution < -0.4 is 9.64 Å². The number of anilines is 1. The van der Waals surface area contributed by atoms with E-state index in [1.165, 1.54) is 11.8 Å². The van der Waals surface area contributed by atoms with Crippen molar-refractivity contribution >= 4 is 38.4 Å². The van der Waals surface area contributed by atoms with Gasteiger partial charge in [0.15, 0.2) is 15.0 Å². The molecule has 1 amide bonds. The number of hydrogen-bond donors (Lipinski definition) is 0. The second-order valence-electron chi connectivity index (χ2n) is 8.32. The van der Waals surface area contributed by atoms with Crippen LogP contribution in [0.2, 0.25) is 0 Å². The molecule has 8 heteroatoms. The molecule has 4 rings (SSSR count). The molecule has 2 saturated heterocycles. The standard InChI is InChI=1S/C24H28N2O4S2/c1-3-4-11-30-20-10-6-9-19(14-20)26-21-15-32(28,29)16-22(21)31-24(26)25-23(27)13-18-8-5-7-17(2)12-18/h5-10,12,14,21-22H,3-4,11,13,15-16H2,1-2H3. The van der Waals surface area contributed by atoms with Gasteiger partial charge in [-0.25, -0.2) is 8.42 Å². The van der Waals surface area contributed by atoms with E-state index in [1.54, 1.807) is 0 Å². The van der Waals surface area contributed by atoms with Gasteiger partial charge >= 0.3 is 0 Å². The molecule has 2 heterocycles. The predicted molar refractivity (Wildman–Crippen MR) is 130 cm³/mol. The van der Waals surface area contributed by atoms with E-state index in [0.29, 0.717) is 11.8 Å². The number of sulfone groups is 1. The maximum Gasteiger partial charge on any atom is 0.252 e. The summed E-state index contributed by atoms with van der Waals surface area (Å²) in [6.07, 6.45) is 2.23. The zero-order valence-corrected chi connectivity index (χ0v) is 20.0. The minimum absolute atomic E-state index is 0.0661. The highest BCUT2D eigenvalue weighted by atomic mass is 32.2. The normalized spacial score (nSPS) is 22.8. The van der Waals surface area contributed by atoms with E-state index in [9.17, 15) is 13.2 Å². The number of rotatable bonds is 7. The summed E-state index contributed by atoms with van der Waals surface area (Å²) in [5.41, 5.74) is 2.82. The Balaban J connectivity index is 1.61. The minimum Gasteiger partial charge on any atom is -0.494 e. The predicted octanol–water partition coefficient (Wildman–Crippen LogP) is 4.02. The first-order chi connectivity index (χ1) is 15.3. The average Bonchev–Trinajstić information content (AvgIpc) is 3.19. The first-order valence-corrected chi connectivity index (χ1v) is 13.6. The second-order valence-corrected chi connectivity index (χ2v) is 11.7. The van der Waals surface area contributed by atoms with Gasteiger partial charge in [0.05, 0.1) is 30.6 Å². The van der Waals surface area contributed by atoms with Crippen LogP contribution in [-0.4, -0.2) is 48.9 Å². The number of nitrogens with zero attached hydrogens (tertiary/aromatic N) is 2. The molecule has 0 bridgehead atoms. The quantitative estimate of drug-likeness (QED) is 0.567. The van der Waals surface area contributed by atoms with E-state index < -0.39 is 9.84 Å². The number of carbonyl (C=O) groups excluding carboxylic acids is 1. The first kappa shape index (κ1) is 22.9. The summed E-state index contributed by atoms with van der Waals surface area (Å²) in [6.45, 7) is 4.73. The van der Waals surface area contributed by atoms with Crippen molar-refractivity contribution < 1.29 is 17.9 Å². The Bertz CT molecular complexity index is 1130. The molecule has 2 aromatic rings. The van der Waals surface area contributed by atoms with Crippen molar-refractivity contribution in [2.24, 2.45) is 4.99 Å². The van der Waals surface area contributed by atoms with Crippen LogP contribution >= 0.6 is 11.8 Å². The number of carbonyl (C=O) groups is 1. The highest BCUT2D eigenvalue weighted by molar-refractivity contribution is 8.16. The Morgan fingerprint density at radius 1 is 1.19 bits per heavy atom. The molecule has 0 saturated carbocycles. The van der Waals surface area contributed by atoms with E-state index in [-0.39, 0.29) is 35.1 Å². The van der Waals surface area contributed by atoms with Crippen molar-refractivity contribution in [3.05, 3.63) is 59.7 Å². The van der Waals surface area contributed by atoms with Crippen LogP contribution in [0, 0.1) is 6.92 Å². The Morgan fingerprint density at radius 3 is 2.78 bits per heavy atom. The third-order valence-electron chi connectivity index (χ3n) is 5.59. The number of aryl methyl sites for hydroxylation is 1. The smallest absolute Gasteiger partial charge is 0.252 e. The molecular weight excluding hydrogens is 444 g/mol. The lowest BCUT2D eigenvalue weighted by Gasteiger charge is -2.25. The molecule has 0 N–H and O–H groups in total. The topological polar surface area (TPSA) is 76.0 Å². The average molecular weight is 473 g/mol. The molecule has 2 aliphatic rings. The van der Waals surface area contributed by atoms with Gasteiger partial charge in [0.25, 0.3) is 5.91 Å². The van der Waals surface area contributed by atoms with Gasteiger partial charge in [-0.2, -0.15) is 4.99 Å². The van der Waals surface area contributed by atoms with Gasteiger partial charge in [-0.15, -0.1) is 0 Å². The molecule has 170 valence electrons. The molecule has 2 unspecified atom stereocenters. The van der Waals surface area contributed by atoms with Gasteiger partial charge in [0.2, 0.25) is 0 Å². The van der Waals surface area contributed by atoms with E-state index in [0.717, 1.165) is 35.4 Å². The molecule has 2 aromatic carbocycles. The van der Waals surface area contributed by atoms with Gasteiger partial charge in [-0.3, -0.25) is 4.79 Å². The van der Waals surface area contributed by atoms with E-state index in [4.69, 9.17) is 4.74 Å². The summed E-state index contributed by atoms with van der Waals surface area (Å²) >= 11 is 1.39. The van der Waals surface area contributed by atoms with E-state index in [1.807, 2.05) is 60.4 Å². The van der Waals surface area contributed by atoms with Gasteiger partial charge in [-0.1, -0.05) is 61.0 Å². The third-order valence-corrected chi connectivity index (χ3v) is 8.80. The molecule has 0 spiro atoms. The summed E-state index contributed by atoms with van der Waals surface area (Å²) < 4.78 is 30.4. The highest BCUT2D eigenvalue weighted by Gasteiger charge is 2.49. The second kappa shape index (κ2) is 9.67. The number of amidine groups is 1. The molecule has 32 heavy (non-hydrogen) atoms. The van der Waals surface area contributed by atoms with Crippen molar-refractivity contribution in [1.82, 2.24) is 0 Å². The molecule has 2 atom stereocenters. The number of thioether (sulfide) groups is 1. The van der Waals surface area contributed by atoms with Crippen LogP contribution in [-0.2, 0) is 21.1 Å². The van der Waals surface area contributed by atoms with Crippen molar-refractivity contribution in [2.45, 2.75) is 44.4 Å². The fourth-order valence-corrected chi connectivity index (χ4v) is 8.00. The van der Waals surface area contributed by atoms with Crippen molar-refractivity contribution in [2.75, 3.05) is 23.0 Å². The number of amides is 1. The van der Waals surface area contributed by atoms with Crippen LogP contribution in [0.25, 0.3) is 0 Å². The van der Waals surface area contributed by atoms with E-state index >= 15 is 0 Å². The molecule has 0 aliphatic carbocycles. The van der Waals surface area contributed by atoms with Crippen LogP contribution in [0.4, 0.5) is 5.69 Å². The van der Waals surface area contributed by atoms with Crippen LogP contribution in [0.5, 0.6) is 5.75 Å². The Labute approximate surface area is 194 Å². The SMILES string of the molecule is CCCCOc1cccc(N2C(=NC(=O)Cc3cccc(C)c3)SC3CS(=O)(=O)CC32)c1. The monoisotopic (exact) mass is 472 g/mol. The van der Waals surface area contributed by atoms with Crippen molar-refractivity contribution in [3.63, 3.8) is 0 Å². The summed E-state index contributed by atoms with van der Waals surface area (Å²) in [5, 5.41) is 0.438. The van der Waals surface area contributed by atoms with Crippen molar-refractivity contribution in [3.8, 4) is 5.75 Å². The fraction of sp³-hybridized carbons (Fsp3) is 0.417. The lowest BCUT2D eigenvalue weighted by Crippen LogP contribution is -2.37. The molecule has 6 nitrogen and oxygen atoms in total.